The van der Waals surface area contributed by atoms with Crippen LogP contribution in [0.4, 0.5) is 11.4 Å². The van der Waals surface area contributed by atoms with E-state index in [2.05, 4.69) is 78.3 Å². The molecule has 0 saturated carbocycles. The molecule has 0 bridgehead atoms. The Morgan fingerprint density at radius 2 is 1.74 bits per heavy atom. The molecule has 0 spiro atoms. The van der Waals surface area contributed by atoms with E-state index in [0.717, 1.165) is 24.3 Å². The van der Waals surface area contributed by atoms with Crippen LogP contribution in [0, 0.1) is 6.92 Å². The molecule has 0 atom stereocenters. The maximum atomic E-state index is 5.32. The lowest BCUT2D eigenvalue weighted by molar-refractivity contribution is 0.414. The molecule has 2 nitrogen and oxygen atoms in total. The van der Waals surface area contributed by atoms with Crippen molar-refractivity contribution >= 4 is 32.8 Å². The Morgan fingerprint density at radius 1 is 0.889 bits per heavy atom. The van der Waals surface area contributed by atoms with E-state index in [9.17, 15) is 0 Å². The number of anilines is 2. The molecule has 0 unspecified atom stereocenters. The third-order valence-corrected chi connectivity index (χ3v) is 5.77. The van der Waals surface area contributed by atoms with Gasteiger partial charge in [-0.05, 0) is 89.7 Å². The van der Waals surface area contributed by atoms with E-state index in [1.54, 1.807) is 18.4 Å². The highest BCUT2D eigenvalue weighted by Gasteiger charge is 2.04. The highest BCUT2D eigenvalue weighted by atomic mass is 32.1. The highest BCUT2D eigenvalue weighted by Crippen LogP contribution is 2.28. The summed E-state index contributed by atoms with van der Waals surface area (Å²) in [6.07, 6.45) is 2.01. The summed E-state index contributed by atoms with van der Waals surface area (Å²) in [6.45, 7) is 2.15. The zero-order valence-corrected chi connectivity index (χ0v) is 16.5. The normalized spacial score (nSPS) is 10.9. The SMILES string of the molecule is COc1cccc(CCc2ccc(C)c(Nc3ccc4sccc4c3)c2)c1. The van der Waals surface area contributed by atoms with Crippen LogP contribution in [0.2, 0.25) is 0 Å². The van der Waals surface area contributed by atoms with Gasteiger partial charge >= 0.3 is 0 Å². The molecule has 3 heteroatoms. The second-order valence-electron chi connectivity index (χ2n) is 6.80. The van der Waals surface area contributed by atoms with Gasteiger partial charge in [0, 0.05) is 16.1 Å². The van der Waals surface area contributed by atoms with E-state index >= 15 is 0 Å². The summed E-state index contributed by atoms with van der Waals surface area (Å²) >= 11 is 1.78. The summed E-state index contributed by atoms with van der Waals surface area (Å²) < 4.78 is 6.65. The van der Waals surface area contributed by atoms with Gasteiger partial charge in [0.05, 0.1) is 7.11 Å². The Morgan fingerprint density at radius 3 is 2.59 bits per heavy atom. The van der Waals surface area contributed by atoms with Crippen LogP contribution in [0.5, 0.6) is 5.75 Å². The number of hydrogen-bond acceptors (Lipinski definition) is 3. The zero-order valence-electron chi connectivity index (χ0n) is 15.7. The van der Waals surface area contributed by atoms with Crippen molar-refractivity contribution in [2.75, 3.05) is 12.4 Å². The van der Waals surface area contributed by atoms with Gasteiger partial charge in [0.25, 0.3) is 0 Å². The third kappa shape index (κ3) is 4.15. The van der Waals surface area contributed by atoms with Crippen LogP contribution in [0.15, 0.2) is 72.1 Å². The molecule has 0 radical (unpaired) electrons. The molecule has 0 saturated heterocycles. The van der Waals surface area contributed by atoms with Crippen molar-refractivity contribution in [2.24, 2.45) is 0 Å². The average molecular weight is 374 g/mol. The Hall–Kier alpha value is -2.78. The fourth-order valence-electron chi connectivity index (χ4n) is 3.28. The van der Waals surface area contributed by atoms with Gasteiger partial charge in [-0.15, -0.1) is 11.3 Å². The highest BCUT2D eigenvalue weighted by molar-refractivity contribution is 7.17. The first-order valence-electron chi connectivity index (χ1n) is 9.18. The van der Waals surface area contributed by atoms with E-state index in [4.69, 9.17) is 4.74 Å². The van der Waals surface area contributed by atoms with E-state index in [1.807, 2.05) is 6.07 Å². The second-order valence-corrected chi connectivity index (χ2v) is 7.75. The van der Waals surface area contributed by atoms with Crippen LogP contribution in [0.25, 0.3) is 10.1 Å². The molecule has 4 aromatic rings. The first kappa shape index (κ1) is 17.6. The Labute approximate surface area is 164 Å². The van der Waals surface area contributed by atoms with Crippen molar-refractivity contribution in [3.05, 3.63) is 88.8 Å². The number of nitrogens with one attached hydrogen (secondary N) is 1. The summed E-state index contributed by atoms with van der Waals surface area (Å²) in [5, 5.41) is 7.02. The van der Waals surface area contributed by atoms with E-state index < -0.39 is 0 Å². The Balaban J connectivity index is 1.50. The minimum Gasteiger partial charge on any atom is -0.497 e. The molecular weight excluding hydrogens is 350 g/mol. The molecular formula is C24H23NOS. The summed E-state index contributed by atoms with van der Waals surface area (Å²) in [6, 6.07) is 23.7. The quantitative estimate of drug-likeness (QED) is 0.404. The van der Waals surface area contributed by atoms with Crippen molar-refractivity contribution in [2.45, 2.75) is 19.8 Å². The fourth-order valence-corrected chi connectivity index (χ4v) is 4.05. The maximum Gasteiger partial charge on any atom is 0.119 e. The number of thiophene rings is 1. The van der Waals surface area contributed by atoms with Crippen LogP contribution < -0.4 is 10.1 Å². The van der Waals surface area contributed by atoms with Crippen molar-refractivity contribution in [1.82, 2.24) is 0 Å². The van der Waals surface area contributed by atoms with Crippen LogP contribution in [-0.2, 0) is 12.8 Å². The molecule has 0 aliphatic carbocycles. The predicted octanol–water partition coefficient (Wildman–Crippen LogP) is 6.75. The number of benzene rings is 3. The van der Waals surface area contributed by atoms with Gasteiger partial charge in [-0.3, -0.25) is 0 Å². The fraction of sp³-hybridized carbons (Fsp3) is 0.167. The molecule has 27 heavy (non-hydrogen) atoms. The Kier molecular flexibility index (Phi) is 5.12. The summed E-state index contributed by atoms with van der Waals surface area (Å²) in [5.41, 5.74) is 6.20. The maximum absolute atomic E-state index is 5.32. The number of ether oxygens (including phenoxy) is 1. The third-order valence-electron chi connectivity index (χ3n) is 4.87. The van der Waals surface area contributed by atoms with Crippen LogP contribution >= 0.6 is 11.3 Å². The van der Waals surface area contributed by atoms with Crippen molar-refractivity contribution in [3.63, 3.8) is 0 Å². The minimum atomic E-state index is 0.919. The van der Waals surface area contributed by atoms with E-state index in [-0.39, 0.29) is 0 Å². The van der Waals surface area contributed by atoms with Crippen molar-refractivity contribution in [1.29, 1.82) is 0 Å². The Bertz CT molecular complexity index is 1070. The van der Waals surface area contributed by atoms with Gasteiger partial charge in [-0.1, -0.05) is 24.3 Å². The van der Waals surface area contributed by atoms with Gasteiger partial charge in [-0.2, -0.15) is 0 Å². The average Bonchev–Trinajstić information content (AvgIpc) is 3.16. The number of rotatable bonds is 6. The van der Waals surface area contributed by atoms with Crippen LogP contribution in [0.1, 0.15) is 16.7 Å². The van der Waals surface area contributed by atoms with E-state index in [1.165, 1.54) is 32.5 Å². The van der Waals surface area contributed by atoms with Gasteiger partial charge in [0.1, 0.15) is 5.75 Å². The molecule has 1 heterocycles. The standard InChI is InChI=1S/C24H23NOS/c1-17-6-7-19(9-8-18-4-3-5-22(14-18)26-2)15-23(17)25-21-10-11-24-20(16-21)12-13-27-24/h3-7,10-16,25H,8-9H2,1-2H3. The predicted molar refractivity (Wildman–Crippen MR) is 117 cm³/mol. The van der Waals surface area contributed by atoms with Gasteiger partial charge in [-0.25, -0.2) is 0 Å². The minimum absolute atomic E-state index is 0.919. The largest absolute Gasteiger partial charge is 0.497 e. The first-order chi connectivity index (χ1) is 13.2. The van der Waals surface area contributed by atoms with Gasteiger partial charge in [0.2, 0.25) is 0 Å². The smallest absolute Gasteiger partial charge is 0.119 e. The molecule has 0 amide bonds. The molecule has 0 fully saturated rings. The number of fused-ring (bicyclic) bond motifs is 1. The summed E-state index contributed by atoms with van der Waals surface area (Å²) in [5.74, 6) is 0.919. The summed E-state index contributed by atoms with van der Waals surface area (Å²) in [4.78, 5) is 0. The molecule has 1 N–H and O–H groups in total. The molecule has 0 aliphatic rings. The van der Waals surface area contributed by atoms with Crippen LogP contribution in [-0.4, -0.2) is 7.11 Å². The number of aryl methyl sites for hydroxylation is 3. The molecule has 0 aliphatic heterocycles. The zero-order chi connectivity index (χ0) is 18.6. The summed E-state index contributed by atoms with van der Waals surface area (Å²) in [7, 11) is 1.71. The molecule has 3 aromatic carbocycles. The molecule has 136 valence electrons. The van der Waals surface area contributed by atoms with E-state index in [0.29, 0.717) is 0 Å². The topological polar surface area (TPSA) is 21.3 Å². The van der Waals surface area contributed by atoms with Crippen molar-refractivity contribution in [3.8, 4) is 5.75 Å². The lowest BCUT2D eigenvalue weighted by Crippen LogP contribution is -1.97. The first-order valence-corrected chi connectivity index (χ1v) is 10.1. The number of hydrogen-bond donors (Lipinski definition) is 1. The van der Waals surface area contributed by atoms with Gasteiger partial charge < -0.3 is 10.1 Å². The second kappa shape index (κ2) is 7.85. The van der Waals surface area contributed by atoms with Gasteiger partial charge in [0.15, 0.2) is 0 Å². The molecule has 1 aromatic heterocycles. The number of methoxy groups -OCH3 is 1. The monoisotopic (exact) mass is 373 g/mol. The van der Waals surface area contributed by atoms with Crippen LogP contribution in [0.3, 0.4) is 0 Å². The molecule has 4 rings (SSSR count). The lowest BCUT2D eigenvalue weighted by Gasteiger charge is -2.12. The van der Waals surface area contributed by atoms with Crippen molar-refractivity contribution < 1.29 is 4.74 Å². The lowest BCUT2D eigenvalue weighted by atomic mass is 10.0.